The first-order valence-electron chi connectivity index (χ1n) is 4.31. The molecule has 13 heavy (non-hydrogen) atoms. The Morgan fingerprint density at radius 2 is 2.46 bits per heavy atom. The molecule has 0 unspecified atom stereocenters. The second kappa shape index (κ2) is 3.43. The highest BCUT2D eigenvalue weighted by Crippen LogP contribution is 2.06. The molecule has 1 N–H and O–H groups in total. The minimum Gasteiger partial charge on any atom is -0.335 e. The van der Waals surface area contributed by atoms with Gasteiger partial charge >= 0.3 is 0 Å². The lowest BCUT2D eigenvalue weighted by atomic mass is 10.2. The fourth-order valence-corrected chi connectivity index (χ4v) is 1.38. The van der Waals surface area contributed by atoms with Crippen molar-refractivity contribution in [1.29, 1.82) is 0 Å². The van der Waals surface area contributed by atoms with Crippen molar-refractivity contribution in [3.63, 3.8) is 0 Å². The molecule has 0 radical (unpaired) electrons. The Labute approximate surface area is 76.2 Å². The van der Waals surface area contributed by atoms with E-state index < -0.39 is 0 Å². The van der Waals surface area contributed by atoms with Crippen molar-refractivity contribution < 1.29 is 4.79 Å². The lowest BCUT2D eigenvalue weighted by Crippen LogP contribution is -2.33. The number of nitrogens with one attached hydrogen (secondary N) is 1. The maximum Gasteiger partial charge on any atom is 0.257 e. The molecule has 1 amide bonds. The molecule has 68 valence electrons. The van der Waals surface area contributed by atoms with Crippen LogP contribution in [-0.4, -0.2) is 34.1 Å². The van der Waals surface area contributed by atoms with Gasteiger partial charge in [0, 0.05) is 19.3 Å². The second-order valence-electron chi connectivity index (χ2n) is 3.00. The third-order valence-electron chi connectivity index (χ3n) is 2.09. The van der Waals surface area contributed by atoms with Gasteiger partial charge in [-0.2, -0.15) is 5.10 Å². The molecule has 0 saturated carbocycles. The average molecular weight is 177 g/mol. The maximum absolute atomic E-state index is 11.7. The van der Waals surface area contributed by atoms with Gasteiger partial charge in [-0.15, -0.1) is 0 Å². The van der Waals surface area contributed by atoms with Crippen LogP contribution in [0.2, 0.25) is 0 Å². The molecule has 2 rings (SSSR count). The van der Waals surface area contributed by atoms with Gasteiger partial charge in [-0.25, -0.2) is 0 Å². The van der Waals surface area contributed by atoms with E-state index in [0.29, 0.717) is 12.1 Å². The average Bonchev–Trinajstić information content (AvgIpc) is 2.71. The van der Waals surface area contributed by atoms with Crippen molar-refractivity contribution in [1.82, 2.24) is 15.1 Å². The Morgan fingerprint density at radius 1 is 1.54 bits per heavy atom. The summed E-state index contributed by atoms with van der Waals surface area (Å²) in [5.74, 6) is 0.0538. The van der Waals surface area contributed by atoms with E-state index in [1.54, 1.807) is 12.4 Å². The molecule has 1 aromatic rings. The van der Waals surface area contributed by atoms with Crippen molar-refractivity contribution in [2.24, 2.45) is 0 Å². The van der Waals surface area contributed by atoms with Crippen molar-refractivity contribution in [2.45, 2.75) is 6.42 Å². The number of carbonyl (C=O) groups is 1. The SMILES string of the molecule is O=C(c1cn[nH]c1)N1CC=CCC1. The number of aromatic amines is 1. The van der Waals surface area contributed by atoms with Crippen LogP contribution in [0.3, 0.4) is 0 Å². The van der Waals surface area contributed by atoms with Crippen LogP contribution in [0.15, 0.2) is 24.5 Å². The third-order valence-corrected chi connectivity index (χ3v) is 2.09. The van der Waals surface area contributed by atoms with E-state index in [-0.39, 0.29) is 5.91 Å². The van der Waals surface area contributed by atoms with Gasteiger partial charge in [-0.3, -0.25) is 9.89 Å². The van der Waals surface area contributed by atoms with Crippen LogP contribution in [0.4, 0.5) is 0 Å². The number of H-pyrrole nitrogens is 1. The predicted octanol–water partition coefficient (Wildman–Crippen LogP) is 0.812. The van der Waals surface area contributed by atoms with E-state index in [2.05, 4.69) is 16.3 Å². The van der Waals surface area contributed by atoms with Crippen LogP contribution in [0, 0.1) is 0 Å². The molecule has 0 aromatic carbocycles. The molecule has 0 atom stereocenters. The predicted molar refractivity (Wildman–Crippen MR) is 48.2 cm³/mol. The summed E-state index contributed by atoms with van der Waals surface area (Å²) in [5.41, 5.74) is 0.635. The number of amides is 1. The summed E-state index contributed by atoms with van der Waals surface area (Å²) >= 11 is 0. The Balaban J connectivity index is 2.09. The molecular formula is C9H11N3O. The van der Waals surface area contributed by atoms with Crippen LogP contribution in [0.25, 0.3) is 0 Å². The van der Waals surface area contributed by atoms with Gasteiger partial charge in [0.2, 0.25) is 0 Å². The van der Waals surface area contributed by atoms with Gasteiger partial charge < -0.3 is 4.90 Å². The topological polar surface area (TPSA) is 49.0 Å². The van der Waals surface area contributed by atoms with Crippen molar-refractivity contribution >= 4 is 5.91 Å². The standard InChI is InChI=1S/C9H11N3O/c13-9(8-6-10-11-7-8)12-4-2-1-3-5-12/h1-2,6-7H,3-5H2,(H,10,11). The van der Waals surface area contributed by atoms with Gasteiger partial charge in [0.15, 0.2) is 0 Å². The smallest absolute Gasteiger partial charge is 0.257 e. The molecule has 2 heterocycles. The summed E-state index contributed by atoms with van der Waals surface area (Å²) in [6, 6.07) is 0. The van der Waals surface area contributed by atoms with E-state index in [0.717, 1.165) is 13.0 Å². The fourth-order valence-electron chi connectivity index (χ4n) is 1.38. The summed E-state index contributed by atoms with van der Waals surface area (Å²) in [6.45, 7) is 1.52. The summed E-state index contributed by atoms with van der Waals surface area (Å²) in [4.78, 5) is 13.5. The van der Waals surface area contributed by atoms with E-state index in [4.69, 9.17) is 0 Å². The number of aromatic nitrogens is 2. The highest BCUT2D eigenvalue weighted by Gasteiger charge is 2.15. The summed E-state index contributed by atoms with van der Waals surface area (Å²) in [7, 11) is 0. The first kappa shape index (κ1) is 8.04. The van der Waals surface area contributed by atoms with E-state index in [1.165, 1.54) is 0 Å². The van der Waals surface area contributed by atoms with Gasteiger partial charge in [-0.05, 0) is 6.42 Å². The second-order valence-corrected chi connectivity index (χ2v) is 3.00. The van der Waals surface area contributed by atoms with Crippen molar-refractivity contribution in [3.8, 4) is 0 Å². The molecule has 0 saturated heterocycles. The molecule has 1 aliphatic heterocycles. The normalized spacial score (nSPS) is 16.2. The fraction of sp³-hybridized carbons (Fsp3) is 0.333. The summed E-state index contributed by atoms with van der Waals surface area (Å²) in [5, 5.41) is 6.38. The minimum atomic E-state index is 0.0538. The van der Waals surface area contributed by atoms with Gasteiger partial charge in [0.1, 0.15) is 0 Å². The zero-order valence-corrected chi connectivity index (χ0v) is 7.23. The molecule has 0 aliphatic carbocycles. The van der Waals surface area contributed by atoms with Crippen LogP contribution in [-0.2, 0) is 0 Å². The lowest BCUT2D eigenvalue weighted by Gasteiger charge is -2.22. The first-order chi connectivity index (χ1) is 6.38. The number of rotatable bonds is 1. The summed E-state index contributed by atoms with van der Waals surface area (Å²) < 4.78 is 0. The molecular weight excluding hydrogens is 166 g/mol. The number of nitrogens with zero attached hydrogens (tertiary/aromatic N) is 2. The molecule has 1 aromatic heterocycles. The van der Waals surface area contributed by atoms with Gasteiger partial charge in [0.25, 0.3) is 5.91 Å². The van der Waals surface area contributed by atoms with Gasteiger partial charge in [-0.1, -0.05) is 12.2 Å². The molecule has 1 aliphatic rings. The molecule has 0 bridgehead atoms. The monoisotopic (exact) mass is 177 g/mol. The largest absolute Gasteiger partial charge is 0.335 e. The molecule has 0 fully saturated rings. The van der Waals surface area contributed by atoms with Crippen LogP contribution >= 0.6 is 0 Å². The maximum atomic E-state index is 11.7. The van der Waals surface area contributed by atoms with Crippen LogP contribution in [0.5, 0.6) is 0 Å². The van der Waals surface area contributed by atoms with E-state index in [1.807, 2.05) is 11.0 Å². The highest BCUT2D eigenvalue weighted by atomic mass is 16.2. The Kier molecular flexibility index (Phi) is 2.12. The lowest BCUT2D eigenvalue weighted by molar-refractivity contribution is 0.0771. The zero-order valence-electron chi connectivity index (χ0n) is 7.23. The molecule has 4 heteroatoms. The van der Waals surface area contributed by atoms with Gasteiger partial charge in [0.05, 0.1) is 11.8 Å². The zero-order chi connectivity index (χ0) is 9.10. The molecule has 4 nitrogen and oxygen atoms in total. The summed E-state index contributed by atoms with van der Waals surface area (Å²) in [6.07, 6.45) is 8.24. The third kappa shape index (κ3) is 1.61. The quantitative estimate of drug-likeness (QED) is 0.645. The Hall–Kier alpha value is -1.58. The van der Waals surface area contributed by atoms with E-state index in [9.17, 15) is 4.79 Å². The number of carbonyl (C=O) groups excluding carboxylic acids is 1. The Morgan fingerprint density at radius 3 is 3.08 bits per heavy atom. The number of hydrogen-bond donors (Lipinski definition) is 1. The Bertz CT molecular complexity index is 316. The first-order valence-corrected chi connectivity index (χ1v) is 4.31. The van der Waals surface area contributed by atoms with E-state index >= 15 is 0 Å². The highest BCUT2D eigenvalue weighted by molar-refractivity contribution is 5.93. The number of hydrogen-bond acceptors (Lipinski definition) is 2. The van der Waals surface area contributed by atoms with Crippen LogP contribution in [0.1, 0.15) is 16.8 Å². The minimum absolute atomic E-state index is 0.0538. The van der Waals surface area contributed by atoms with Crippen LogP contribution < -0.4 is 0 Å². The van der Waals surface area contributed by atoms with Crippen molar-refractivity contribution in [3.05, 3.63) is 30.1 Å². The van der Waals surface area contributed by atoms with Crippen molar-refractivity contribution in [2.75, 3.05) is 13.1 Å². The molecule has 0 spiro atoms.